The minimum absolute atomic E-state index is 0.0763. The van der Waals surface area contributed by atoms with Crippen LogP contribution in [0.3, 0.4) is 0 Å². The van der Waals surface area contributed by atoms with E-state index < -0.39 is 0 Å². The number of aryl methyl sites for hydroxylation is 1. The number of thiazole rings is 1. The molecule has 0 radical (unpaired) electrons. The molecule has 0 amide bonds. The van der Waals surface area contributed by atoms with Gasteiger partial charge in [-0.1, -0.05) is 30.3 Å². The zero-order valence-electron chi connectivity index (χ0n) is 16.2. The zero-order valence-corrected chi connectivity index (χ0v) is 17.0. The molecule has 0 aliphatic carbocycles. The van der Waals surface area contributed by atoms with Gasteiger partial charge in [-0.05, 0) is 30.2 Å². The number of H-pyrrole nitrogens is 1. The number of nitrogens with one attached hydrogen (secondary N) is 1. The Hall–Kier alpha value is -2.96. The Morgan fingerprint density at radius 2 is 2.00 bits per heavy atom. The van der Waals surface area contributed by atoms with Gasteiger partial charge >= 0.3 is 0 Å². The maximum atomic E-state index is 5.07. The largest absolute Gasteiger partial charge is 0.356 e. The van der Waals surface area contributed by atoms with Crippen molar-refractivity contribution in [2.24, 2.45) is 7.05 Å². The lowest BCUT2D eigenvalue weighted by Gasteiger charge is -2.34. The maximum absolute atomic E-state index is 5.07. The molecule has 0 spiro atoms. The van der Waals surface area contributed by atoms with Gasteiger partial charge in [0.15, 0.2) is 0 Å². The fourth-order valence-corrected chi connectivity index (χ4v) is 5.31. The van der Waals surface area contributed by atoms with Crippen molar-refractivity contribution in [3.05, 3.63) is 82.2 Å². The van der Waals surface area contributed by atoms with Gasteiger partial charge < -0.3 is 9.55 Å². The van der Waals surface area contributed by atoms with Gasteiger partial charge in [0, 0.05) is 41.8 Å². The molecule has 0 fully saturated rings. The molecule has 1 atom stereocenters. The minimum Gasteiger partial charge on any atom is -0.356 e. The molecule has 29 heavy (non-hydrogen) atoms. The Kier molecular flexibility index (Phi) is 3.82. The SMILES string of the molecule is Cn1c([C@H]2c3[nH]c4ccccc4c3CCN2Cc2nccs2)nc2ccccc21. The molecule has 1 aliphatic rings. The second-order valence-electron chi connectivity index (χ2n) is 7.63. The highest BCUT2D eigenvalue weighted by Crippen LogP contribution is 2.39. The summed E-state index contributed by atoms with van der Waals surface area (Å²) in [5, 5.41) is 4.53. The van der Waals surface area contributed by atoms with E-state index in [4.69, 9.17) is 4.98 Å². The van der Waals surface area contributed by atoms with Crippen LogP contribution in [0.25, 0.3) is 21.9 Å². The van der Waals surface area contributed by atoms with Gasteiger partial charge in [-0.15, -0.1) is 11.3 Å². The van der Waals surface area contributed by atoms with Crippen molar-refractivity contribution in [1.82, 2.24) is 24.4 Å². The highest BCUT2D eigenvalue weighted by atomic mass is 32.1. The van der Waals surface area contributed by atoms with Crippen LogP contribution in [0.15, 0.2) is 60.1 Å². The van der Waals surface area contributed by atoms with Crippen LogP contribution < -0.4 is 0 Å². The number of aromatic nitrogens is 4. The first-order valence-corrected chi connectivity index (χ1v) is 10.8. The predicted molar refractivity (Wildman–Crippen MR) is 117 cm³/mol. The van der Waals surface area contributed by atoms with Gasteiger partial charge in [-0.25, -0.2) is 9.97 Å². The third kappa shape index (κ3) is 2.63. The van der Waals surface area contributed by atoms with Crippen molar-refractivity contribution in [1.29, 1.82) is 0 Å². The van der Waals surface area contributed by atoms with E-state index >= 15 is 0 Å². The predicted octanol–water partition coefficient (Wildman–Crippen LogP) is 4.66. The summed E-state index contributed by atoms with van der Waals surface area (Å²) in [5.41, 5.74) is 6.11. The molecule has 1 aliphatic heterocycles. The van der Waals surface area contributed by atoms with Gasteiger partial charge in [0.1, 0.15) is 16.9 Å². The monoisotopic (exact) mass is 399 g/mol. The normalized spacial score (nSPS) is 17.2. The maximum Gasteiger partial charge on any atom is 0.133 e. The zero-order chi connectivity index (χ0) is 19.4. The fourth-order valence-electron chi connectivity index (χ4n) is 4.67. The van der Waals surface area contributed by atoms with Crippen LogP contribution in [0.1, 0.15) is 28.1 Å². The lowest BCUT2D eigenvalue weighted by molar-refractivity contribution is 0.192. The van der Waals surface area contributed by atoms with Crippen molar-refractivity contribution < 1.29 is 0 Å². The molecule has 0 saturated carbocycles. The molecule has 0 bridgehead atoms. The molecule has 4 heterocycles. The van der Waals surface area contributed by atoms with Crippen molar-refractivity contribution in [2.75, 3.05) is 6.54 Å². The molecule has 1 N–H and O–H groups in total. The highest BCUT2D eigenvalue weighted by Gasteiger charge is 2.35. The van der Waals surface area contributed by atoms with Crippen LogP contribution >= 0.6 is 11.3 Å². The first kappa shape index (κ1) is 16.9. The first-order chi connectivity index (χ1) is 14.3. The molecular formula is C23H21N5S. The third-order valence-electron chi connectivity index (χ3n) is 6.02. The molecular weight excluding hydrogens is 378 g/mol. The van der Waals surface area contributed by atoms with E-state index in [1.54, 1.807) is 11.3 Å². The van der Waals surface area contributed by atoms with Gasteiger partial charge in [-0.2, -0.15) is 0 Å². The van der Waals surface area contributed by atoms with Gasteiger partial charge in [0.05, 0.1) is 17.6 Å². The molecule has 5 aromatic rings. The molecule has 144 valence electrons. The number of rotatable bonds is 3. The van der Waals surface area contributed by atoms with E-state index in [1.165, 1.54) is 27.7 Å². The van der Waals surface area contributed by atoms with Crippen LogP contribution in [-0.4, -0.2) is 31.0 Å². The molecule has 2 aromatic carbocycles. The fraction of sp³-hybridized carbons (Fsp3) is 0.217. The number of fused-ring (bicyclic) bond motifs is 4. The number of hydrogen-bond acceptors (Lipinski definition) is 4. The lowest BCUT2D eigenvalue weighted by Crippen LogP contribution is -2.37. The quantitative estimate of drug-likeness (QED) is 0.480. The number of aromatic amines is 1. The topological polar surface area (TPSA) is 49.7 Å². The number of hydrogen-bond donors (Lipinski definition) is 1. The summed E-state index contributed by atoms with van der Waals surface area (Å²) in [6.45, 7) is 1.82. The van der Waals surface area contributed by atoms with Crippen LogP contribution in [0.2, 0.25) is 0 Å². The van der Waals surface area contributed by atoms with E-state index in [9.17, 15) is 0 Å². The van der Waals surface area contributed by atoms with Gasteiger partial charge in [-0.3, -0.25) is 4.90 Å². The molecule has 0 saturated heterocycles. The smallest absolute Gasteiger partial charge is 0.133 e. The Bertz CT molecular complexity index is 1310. The van der Waals surface area contributed by atoms with Gasteiger partial charge in [0.25, 0.3) is 0 Å². The van der Waals surface area contributed by atoms with Crippen LogP contribution in [0.5, 0.6) is 0 Å². The summed E-state index contributed by atoms with van der Waals surface area (Å²) in [7, 11) is 2.13. The molecule has 6 heteroatoms. The Balaban J connectivity index is 1.56. The summed E-state index contributed by atoms with van der Waals surface area (Å²) in [5.74, 6) is 1.08. The van der Waals surface area contributed by atoms with E-state index in [0.717, 1.165) is 35.9 Å². The van der Waals surface area contributed by atoms with Crippen LogP contribution in [0.4, 0.5) is 0 Å². The molecule has 0 unspecified atom stereocenters. The lowest BCUT2D eigenvalue weighted by atomic mass is 9.96. The standard InChI is InChI=1S/C23H21N5S/c1-27-19-9-5-4-8-18(19)26-23(27)22-21-16(15-6-2-3-7-17(15)25-21)10-12-28(22)14-20-24-11-13-29-20/h2-9,11,13,22,25H,10,12,14H2,1H3/t22-/m1/s1. The van der Waals surface area contributed by atoms with Crippen molar-refractivity contribution in [3.63, 3.8) is 0 Å². The Morgan fingerprint density at radius 3 is 2.86 bits per heavy atom. The van der Waals surface area contributed by atoms with E-state index in [-0.39, 0.29) is 6.04 Å². The molecule has 3 aromatic heterocycles. The highest BCUT2D eigenvalue weighted by molar-refractivity contribution is 7.09. The van der Waals surface area contributed by atoms with Crippen molar-refractivity contribution in [3.8, 4) is 0 Å². The van der Waals surface area contributed by atoms with E-state index in [2.05, 4.69) is 80.4 Å². The minimum atomic E-state index is 0.0763. The number of benzene rings is 2. The molecule has 6 rings (SSSR count). The van der Waals surface area contributed by atoms with Crippen molar-refractivity contribution >= 4 is 33.3 Å². The summed E-state index contributed by atoms with van der Waals surface area (Å²) in [6, 6.07) is 17.1. The summed E-state index contributed by atoms with van der Waals surface area (Å²) >= 11 is 1.72. The summed E-state index contributed by atoms with van der Waals surface area (Å²) < 4.78 is 2.25. The Morgan fingerprint density at radius 1 is 1.14 bits per heavy atom. The summed E-state index contributed by atoms with van der Waals surface area (Å²) in [6.07, 6.45) is 2.92. The second kappa shape index (κ2) is 6.54. The third-order valence-corrected chi connectivity index (χ3v) is 6.79. The van der Waals surface area contributed by atoms with Crippen LogP contribution in [0, 0.1) is 0 Å². The number of para-hydroxylation sites is 3. The first-order valence-electron chi connectivity index (χ1n) is 9.93. The second-order valence-corrected chi connectivity index (χ2v) is 8.61. The van der Waals surface area contributed by atoms with Gasteiger partial charge in [0.2, 0.25) is 0 Å². The van der Waals surface area contributed by atoms with E-state index in [1.807, 2.05) is 6.20 Å². The van der Waals surface area contributed by atoms with E-state index in [0.29, 0.717) is 0 Å². The van der Waals surface area contributed by atoms with Crippen LogP contribution in [-0.2, 0) is 20.0 Å². The molecule has 5 nitrogen and oxygen atoms in total. The average molecular weight is 400 g/mol. The summed E-state index contributed by atoms with van der Waals surface area (Å²) in [4.78, 5) is 15.9. The van der Waals surface area contributed by atoms with Crippen molar-refractivity contribution in [2.45, 2.75) is 19.0 Å². The number of nitrogens with zero attached hydrogens (tertiary/aromatic N) is 4. The Labute approximate surface area is 172 Å². The average Bonchev–Trinajstić information content (AvgIpc) is 3.46. The number of imidazole rings is 1.